The van der Waals surface area contributed by atoms with Gasteiger partial charge in [0.25, 0.3) is 0 Å². The lowest BCUT2D eigenvalue weighted by atomic mass is 9.88. The number of carbonyl (C=O) groups excluding carboxylic acids is 1. The lowest BCUT2D eigenvalue weighted by Gasteiger charge is -2.33. The van der Waals surface area contributed by atoms with E-state index in [0.29, 0.717) is 22.6 Å². The number of carboxylic acid groups (broad SMARTS) is 1. The van der Waals surface area contributed by atoms with E-state index in [0.717, 1.165) is 28.5 Å². The summed E-state index contributed by atoms with van der Waals surface area (Å²) in [6.07, 6.45) is 0.0979. The van der Waals surface area contributed by atoms with E-state index < -0.39 is 23.5 Å². The van der Waals surface area contributed by atoms with E-state index in [1.165, 1.54) is 11.0 Å². The molecular weight excluding hydrogens is 386 g/mol. The van der Waals surface area contributed by atoms with Crippen molar-refractivity contribution in [3.8, 4) is 0 Å². The number of carboxylic acids is 1. The fourth-order valence-corrected chi connectivity index (χ4v) is 4.53. The number of anilines is 1. The minimum atomic E-state index is -1.04. The maximum Gasteiger partial charge on any atom is 0.304 e. The van der Waals surface area contributed by atoms with Crippen LogP contribution in [0.4, 0.5) is 14.5 Å². The van der Waals surface area contributed by atoms with Crippen molar-refractivity contribution in [2.45, 2.75) is 26.3 Å². The average molecular weight is 402 g/mol. The number of aromatic nitrogens is 1. The van der Waals surface area contributed by atoms with Gasteiger partial charge in [0.2, 0.25) is 5.91 Å². The van der Waals surface area contributed by atoms with Gasteiger partial charge in [-0.05, 0) is 37.1 Å². The van der Waals surface area contributed by atoms with Gasteiger partial charge in [-0.1, -0.05) is 17.7 Å². The van der Waals surface area contributed by atoms with Crippen LogP contribution in [0.15, 0.2) is 30.3 Å². The molecule has 1 aliphatic rings. The van der Waals surface area contributed by atoms with E-state index in [9.17, 15) is 18.4 Å². The van der Waals surface area contributed by atoms with Crippen molar-refractivity contribution in [2.75, 3.05) is 4.90 Å². The Morgan fingerprint density at radius 2 is 2.11 bits per heavy atom. The average Bonchev–Trinajstić information content (AvgIpc) is 3.05. The Morgan fingerprint density at radius 3 is 2.86 bits per heavy atom. The largest absolute Gasteiger partial charge is 0.481 e. The summed E-state index contributed by atoms with van der Waals surface area (Å²) in [6.45, 7) is 2.00. The molecule has 1 aromatic heterocycles. The maximum absolute atomic E-state index is 14.0. The van der Waals surface area contributed by atoms with Gasteiger partial charge in [0.15, 0.2) is 11.6 Å². The van der Waals surface area contributed by atoms with Crippen molar-refractivity contribution in [2.24, 2.45) is 5.92 Å². The van der Waals surface area contributed by atoms with Crippen LogP contribution in [0.2, 0.25) is 0 Å². The number of nitrogens with zero attached hydrogens (tertiary/aromatic N) is 2. The zero-order chi connectivity index (χ0) is 20.0. The van der Waals surface area contributed by atoms with Crippen molar-refractivity contribution >= 4 is 39.1 Å². The van der Waals surface area contributed by atoms with Crippen LogP contribution >= 0.6 is 11.3 Å². The van der Waals surface area contributed by atoms with E-state index in [1.807, 2.05) is 25.1 Å². The Labute approximate surface area is 163 Å². The van der Waals surface area contributed by atoms with Gasteiger partial charge >= 0.3 is 5.97 Å². The third-order valence-corrected chi connectivity index (χ3v) is 5.86. The van der Waals surface area contributed by atoms with Gasteiger partial charge in [-0.3, -0.25) is 9.59 Å². The molecular formula is C20H16F2N2O3S. The number of hydrogen-bond donors (Lipinski definition) is 1. The molecule has 1 N–H and O–H groups in total. The fraction of sp³-hybridized carbons (Fsp3) is 0.250. The normalized spacial score (nSPS) is 16.5. The zero-order valence-electron chi connectivity index (χ0n) is 14.9. The number of thiazole rings is 1. The third-order valence-electron chi connectivity index (χ3n) is 4.82. The van der Waals surface area contributed by atoms with Crippen LogP contribution in [-0.2, 0) is 22.6 Å². The number of fused-ring (bicyclic) bond motifs is 2. The van der Waals surface area contributed by atoms with Crippen molar-refractivity contribution < 1.29 is 23.5 Å². The van der Waals surface area contributed by atoms with E-state index in [2.05, 4.69) is 4.98 Å². The molecule has 8 heteroatoms. The first-order chi connectivity index (χ1) is 13.3. The molecule has 28 heavy (non-hydrogen) atoms. The predicted molar refractivity (Wildman–Crippen MR) is 101 cm³/mol. The Bertz CT molecular complexity index is 1110. The summed E-state index contributed by atoms with van der Waals surface area (Å²) < 4.78 is 27.6. The van der Waals surface area contributed by atoms with E-state index >= 15 is 0 Å². The van der Waals surface area contributed by atoms with E-state index in [1.54, 1.807) is 0 Å². The summed E-state index contributed by atoms with van der Waals surface area (Å²) in [4.78, 5) is 30.0. The molecule has 1 unspecified atom stereocenters. The standard InChI is InChI=1S/C20H16F2N2O3S/c1-10-2-5-15-11(6-10)7-12(8-17(25)26)20(27)24(15)9-16-23-14-4-3-13(21)18(22)19(14)28-16/h2-6,12H,7-9H2,1H3,(H,25,26). The quantitative estimate of drug-likeness (QED) is 0.714. The molecule has 1 atom stereocenters. The fourth-order valence-electron chi connectivity index (χ4n) is 3.55. The molecule has 144 valence electrons. The number of rotatable bonds is 4. The van der Waals surface area contributed by atoms with Gasteiger partial charge in [-0.25, -0.2) is 13.8 Å². The highest BCUT2D eigenvalue weighted by atomic mass is 32.1. The smallest absolute Gasteiger partial charge is 0.304 e. The molecule has 0 saturated heterocycles. The Morgan fingerprint density at radius 1 is 1.32 bits per heavy atom. The first kappa shape index (κ1) is 18.5. The van der Waals surface area contributed by atoms with Crippen molar-refractivity contribution in [3.05, 3.63) is 58.1 Å². The van der Waals surface area contributed by atoms with Crippen LogP contribution in [0, 0.1) is 24.5 Å². The van der Waals surface area contributed by atoms with Crippen molar-refractivity contribution in [1.82, 2.24) is 4.98 Å². The molecule has 0 radical (unpaired) electrons. The summed E-state index contributed by atoms with van der Waals surface area (Å²) in [5.74, 6) is -3.91. The molecule has 1 amide bonds. The molecule has 0 saturated carbocycles. The highest BCUT2D eigenvalue weighted by Crippen LogP contribution is 2.35. The van der Waals surface area contributed by atoms with Crippen LogP contribution in [-0.4, -0.2) is 22.0 Å². The Hall–Kier alpha value is -2.87. The van der Waals surface area contributed by atoms with Crippen LogP contribution in [0.5, 0.6) is 0 Å². The van der Waals surface area contributed by atoms with Crippen LogP contribution in [0.1, 0.15) is 22.6 Å². The minimum Gasteiger partial charge on any atom is -0.481 e. The van der Waals surface area contributed by atoms with E-state index in [-0.39, 0.29) is 23.6 Å². The topological polar surface area (TPSA) is 70.5 Å². The zero-order valence-corrected chi connectivity index (χ0v) is 15.7. The van der Waals surface area contributed by atoms with Crippen LogP contribution < -0.4 is 4.90 Å². The van der Waals surface area contributed by atoms with Crippen molar-refractivity contribution in [3.63, 3.8) is 0 Å². The summed E-state index contributed by atoms with van der Waals surface area (Å²) in [5.41, 5.74) is 2.93. The third kappa shape index (κ3) is 3.24. The van der Waals surface area contributed by atoms with Crippen LogP contribution in [0.25, 0.3) is 10.2 Å². The number of hydrogen-bond acceptors (Lipinski definition) is 4. The second-order valence-electron chi connectivity index (χ2n) is 6.87. The van der Waals surface area contributed by atoms with Gasteiger partial charge in [0.1, 0.15) is 5.01 Å². The first-order valence-electron chi connectivity index (χ1n) is 8.69. The summed E-state index contributed by atoms with van der Waals surface area (Å²) >= 11 is 0.990. The first-order valence-corrected chi connectivity index (χ1v) is 9.51. The van der Waals surface area contributed by atoms with E-state index in [4.69, 9.17) is 5.11 Å². The van der Waals surface area contributed by atoms with Gasteiger partial charge < -0.3 is 10.0 Å². The molecule has 5 nitrogen and oxygen atoms in total. The van der Waals surface area contributed by atoms with Gasteiger partial charge in [-0.2, -0.15) is 0 Å². The summed E-state index contributed by atoms with van der Waals surface area (Å²) in [6, 6.07) is 8.07. The minimum absolute atomic E-state index is 0.0748. The Balaban J connectivity index is 1.74. The molecule has 3 aromatic rings. The summed E-state index contributed by atoms with van der Waals surface area (Å²) in [5, 5.41) is 9.61. The number of aliphatic carboxylic acids is 1. The molecule has 0 bridgehead atoms. The molecule has 1 aliphatic heterocycles. The van der Waals surface area contributed by atoms with Gasteiger partial charge in [-0.15, -0.1) is 11.3 Å². The maximum atomic E-state index is 14.0. The molecule has 4 rings (SSSR count). The molecule has 0 spiro atoms. The molecule has 2 aromatic carbocycles. The second kappa shape index (κ2) is 6.94. The highest BCUT2D eigenvalue weighted by molar-refractivity contribution is 7.18. The highest BCUT2D eigenvalue weighted by Gasteiger charge is 2.34. The number of amides is 1. The number of benzene rings is 2. The summed E-state index contributed by atoms with van der Waals surface area (Å²) in [7, 11) is 0. The number of halogens is 2. The lowest BCUT2D eigenvalue weighted by Crippen LogP contribution is -2.41. The second-order valence-corrected chi connectivity index (χ2v) is 7.96. The van der Waals surface area contributed by atoms with Gasteiger partial charge in [0, 0.05) is 5.69 Å². The van der Waals surface area contributed by atoms with Crippen molar-refractivity contribution in [1.29, 1.82) is 0 Å². The monoisotopic (exact) mass is 402 g/mol. The number of carbonyl (C=O) groups is 2. The van der Waals surface area contributed by atoms with Gasteiger partial charge in [0.05, 0.1) is 29.1 Å². The Kier molecular flexibility index (Phi) is 4.58. The SMILES string of the molecule is Cc1ccc2c(c1)CC(CC(=O)O)C(=O)N2Cc1nc2ccc(F)c(F)c2s1. The predicted octanol–water partition coefficient (Wildman–Crippen LogP) is 4.06. The van der Waals surface area contributed by atoms with Crippen LogP contribution in [0.3, 0.4) is 0 Å². The molecule has 0 aliphatic carbocycles. The number of aryl methyl sites for hydroxylation is 1. The lowest BCUT2D eigenvalue weighted by molar-refractivity contribution is -0.140. The molecule has 0 fully saturated rings. The molecule has 2 heterocycles.